The van der Waals surface area contributed by atoms with Gasteiger partial charge in [0, 0.05) is 17.7 Å². The lowest BCUT2D eigenvalue weighted by Gasteiger charge is -2.12. The van der Waals surface area contributed by atoms with Crippen LogP contribution >= 0.6 is 0 Å². The Morgan fingerprint density at radius 2 is 1.29 bits per heavy atom. The molecule has 0 aliphatic rings. The van der Waals surface area contributed by atoms with Crippen LogP contribution in [0.5, 0.6) is 0 Å². The second kappa shape index (κ2) is 8.49. The van der Waals surface area contributed by atoms with Gasteiger partial charge in [0.05, 0.1) is 27.3 Å². The molecular formula is C23H19F2N3O2S. The number of nitrogens with one attached hydrogen (secondary N) is 1. The molecular weight excluding hydrogens is 420 g/mol. The molecule has 1 N–H and O–H groups in total. The molecule has 0 aliphatic carbocycles. The molecule has 0 spiro atoms. The normalized spacial score (nSPS) is 11.7. The highest BCUT2D eigenvalue weighted by Crippen LogP contribution is 2.31. The molecule has 0 atom stereocenters. The van der Waals surface area contributed by atoms with Gasteiger partial charge in [0.15, 0.2) is 0 Å². The quantitative estimate of drug-likeness (QED) is 0.462. The fraction of sp³-hybridized carbons (Fsp3) is 0.130. The second-order valence-electron chi connectivity index (χ2n) is 6.98. The average molecular weight is 439 g/mol. The standard InChI is InChI=1S/C23H19F2N3O2S/c1-2-13-26-31(29,30)19-11-12-20-21(14-19)28-23(16-5-9-18(25)10-6-16)22(27-20)15-3-7-17(24)8-4-15/h3-12,14,26H,2,13H2,1H3. The van der Waals surface area contributed by atoms with E-state index in [1.54, 1.807) is 30.3 Å². The predicted octanol–water partition coefficient (Wildman–Crippen LogP) is 4.93. The van der Waals surface area contributed by atoms with Gasteiger partial charge >= 0.3 is 0 Å². The third-order valence-corrected chi connectivity index (χ3v) is 6.18. The minimum Gasteiger partial charge on any atom is -0.244 e. The van der Waals surface area contributed by atoms with Crippen LogP contribution in [0.15, 0.2) is 71.6 Å². The number of nitrogens with zero attached hydrogens (tertiary/aromatic N) is 2. The smallest absolute Gasteiger partial charge is 0.240 e. The molecule has 3 aromatic carbocycles. The van der Waals surface area contributed by atoms with Gasteiger partial charge in [-0.05, 0) is 73.2 Å². The number of hydrogen-bond acceptors (Lipinski definition) is 4. The van der Waals surface area contributed by atoms with E-state index in [2.05, 4.69) is 14.7 Å². The molecule has 31 heavy (non-hydrogen) atoms. The second-order valence-corrected chi connectivity index (χ2v) is 8.75. The van der Waals surface area contributed by atoms with Crippen LogP contribution in [0.3, 0.4) is 0 Å². The van der Waals surface area contributed by atoms with Gasteiger partial charge in [0.25, 0.3) is 0 Å². The zero-order valence-electron chi connectivity index (χ0n) is 16.6. The molecule has 4 aromatic rings. The number of sulfonamides is 1. The fourth-order valence-corrected chi connectivity index (χ4v) is 4.29. The van der Waals surface area contributed by atoms with Crippen LogP contribution in [0.2, 0.25) is 0 Å². The number of hydrogen-bond donors (Lipinski definition) is 1. The molecule has 158 valence electrons. The van der Waals surface area contributed by atoms with Crippen molar-refractivity contribution < 1.29 is 17.2 Å². The van der Waals surface area contributed by atoms with Crippen molar-refractivity contribution in [1.29, 1.82) is 0 Å². The van der Waals surface area contributed by atoms with Crippen LogP contribution < -0.4 is 4.72 Å². The van der Waals surface area contributed by atoms with Crippen LogP contribution in [0, 0.1) is 11.6 Å². The third-order valence-electron chi connectivity index (χ3n) is 4.72. The van der Waals surface area contributed by atoms with Crippen molar-refractivity contribution in [3.63, 3.8) is 0 Å². The average Bonchev–Trinajstić information content (AvgIpc) is 2.77. The van der Waals surface area contributed by atoms with E-state index in [4.69, 9.17) is 0 Å². The Hall–Kier alpha value is -3.23. The molecule has 0 saturated carbocycles. The Morgan fingerprint density at radius 1 is 0.774 bits per heavy atom. The molecule has 0 aliphatic heterocycles. The topological polar surface area (TPSA) is 72.0 Å². The summed E-state index contributed by atoms with van der Waals surface area (Å²) in [6.45, 7) is 2.21. The molecule has 5 nitrogen and oxygen atoms in total. The maximum atomic E-state index is 13.5. The zero-order valence-corrected chi connectivity index (χ0v) is 17.5. The maximum absolute atomic E-state index is 13.5. The van der Waals surface area contributed by atoms with Crippen molar-refractivity contribution in [2.24, 2.45) is 0 Å². The van der Waals surface area contributed by atoms with E-state index >= 15 is 0 Å². The molecule has 0 bridgehead atoms. The lowest BCUT2D eigenvalue weighted by molar-refractivity contribution is 0.581. The van der Waals surface area contributed by atoms with Crippen LogP contribution in [0.25, 0.3) is 33.5 Å². The van der Waals surface area contributed by atoms with Gasteiger partial charge in [0.1, 0.15) is 11.6 Å². The summed E-state index contributed by atoms with van der Waals surface area (Å²) in [5.41, 5.74) is 3.03. The number of aromatic nitrogens is 2. The summed E-state index contributed by atoms with van der Waals surface area (Å²) in [7, 11) is -3.67. The molecule has 0 amide bonds. The number of rotatable bonds is 6. The van der Waals surface area contributed by atoms with E-state index in [0.29, 0.717) is 46.5 Å². The predicted molar refractivity (Wildman–Crippen MR) is 116 cm³/mol. The molecule has 0 fully saturated rings. The lowest BCUT2D eigenvalue weighted by atomic mass is 10.0. The maximum Gasteiger partial charge on any atom is 0.240 e. The van der Waals surface area contributed by atoms with Gasteiger partial charge in [0.2, 0.25) is 10.0 Å². The minimum atomic E-state index is -3.67. The van der Waals surface area contributed by atoms with Crippen molar-refractivity contribution in [2.45, 2.75) is 18.2 Å². The summed E-state index contributed by atoms with van der Waals surface area (Å²) in [5, 5.41) is 0. The molecule has 0 unspecified atom stereocenters. The first-order valence-corrected chi connectivity index (χ1v) is 11.2. The van der Waals surface area contributed by atoms with Gasteiger partial charge in [-0.1, -0.05) is 6.92 Å². The van der Waals surface area contributed by atoms with Crippen LogP contribution in [-0.4, -0.2) is 24.9 Å². The van der Waals surface area contributed by atoms with Gasteiger partial charge in [-0.15, -0.1) is 0 Å². The molecule has 8 heteroatoms. The van der Waals surface area contributed by atoms with Gasteiger partial charge in [-0.3, -0.25) is 0 Å². The Bertz CT molecular complexity index is 1340. The molecule has 1 aromatic heterocycles. The van der Waals surface area contributed by atoms with Crippen molar-refractivity contribution in [2.75, 3.05) is 6.54 Å². The van der Waals surface area contributed by atoms with Crippen molar-refractivity contribution in [3.8, 4) is 22.5 Å². The van der Waals surface area contributed by atoms with E-state index in [1.165, 1.54) is 36.4 Å². The number of fused-ring (bicyclic) bond motifs is 1. The molecule has 1 heterocycles. The summed E-state index contributed by atoms with van der Waals surface area (Å²) < 4.78 is 54.4. The fourth-order valence-electron chi connectivity index (χ4n) is 3.14. The van der Waals surface area contributed by atoms with Gasteiger partial charge in [-0.25, -0.2) is 31.9 Å². The summed E-state index contributed by atoms with van der Waals surface area (Å²) >= 11 is 0. The summed E-state index contributed by atoms with van der Waals surface area (Å²) in [6, 6.07) is 16.1. The highest BCUT2D eigenvalue weighted by molar-refractivity contribution is 7.89. The SMILES string of the molecule is CCCNS(=O)(=O)c1ccc2nc(-c3ccc(F)cc3)c(-c3ccc(F)cc3)nc2c1. The lowest BCUT2D eigenvalue weighted by Crippen LogP contribution is -2.24. The van der Waals surface area contributed by atoms with E-state index < -0.39 is 15.8 Å². The van der Waals surface area contributed by atoms with Crippen LogP contribution in [0.4, 0.5) is 8.78 Å². The van der Waals surface area contributed by atoms with Crippen LogP contribution in [0.1, 0.15) is 13.3 Å². The first-order valence-electron chi connectivity index (χ1n) is 9.71. The summed E-state index contributed by atoms with van der Waals surface area (Å²) in [6.07, 6.45) is 0.669. The van der Waals surface area contributed by atoms with E-state index in [9.17, 15) is 17.2 Å². The number of halogens is 2. The first-order chi connectivity index (χ1) is 14.9. The van der Waals surface area contributed by atoms with Gasteiger partial charge < -0.3 is 0 Å². The number of benzene rings is 3. The molecule has 0 saturated heterocycles. The zero-order chi connectivity index (χ0) is 22.0. The van der Waals surface area contributed by atoms with E-state index in [0.717, 1.165) is 0 Å². The highest BCUT2D eigenvalue weighted by Gasteiger charge is 2.17. The van der Waals surface area contributed by atoms with E-state index in [1.807, 2.05) is 6.92 Å². The van der Waals surface area contributed by atoms with Crippen molar-refractivity contribution >= 4 is 21.1 Å². The Balaban J connectivity index is 1.92. The summed E-state index contributed by atoms with van der Waals surface area (Å²) in [4.78, 5) is 9.41. The first kappa shape index (κ1) is 21.0. The summed E-state index contributed by atoms with van der Waals surface area (Å²) in [5.74, 6) is -0.772. The minimum absolute atomic E-state index is 0.0855. The van der Waals surface area contributed by atoms with Crippen molar-refractivity contribution in [3.05, 3.63) is 78.4 Å². The molecule has 0 radical (unpaired) electrons. The molecule has 4 rings (SSSR count). The van der Waals surface area contributed by atoms with E-state index in [-0.39, 0.29) is 10.7 Å². The van der Waals surface area contributed by atoms with Gasteiger partial charge in [-0.2, -0.15) is 0 Å². The Morgan fingerprint density at radius 3 is 1.81 bits per heavy atom. The Kier molecular flexibility index (Phi) is 5.75. The third kappa shape index (κ3) is 4.45. The Labute approximate surface area is 178 Å². The monoisotopic (exact) mass is 439 g/mol. The highest BCUT2D eigenvalue weighted by atomic mass is 32.2. The van der Waals surface area contributed by atoms with Crippen molar-refractivity contribution in [1.82, 2.24) is 14.7 Å². The van der Waals surface area contributed by atoms with Crippen LogP contribution in [-0.2, 0) is 10.0 Å². The largest absolute Gasteiger partial charge is 0.244 e.